The molecule has 1 rings (SSSR count). The van der Waals surface area contributed by atoms with E-state index >= 15 is 0 Å². The van der Waals surface area contributed by atoms with Crippen molar-refractivity contribution in [2.75, 3.05) is 0 Å². The van der Waals surface area contributed by atoms with Crippen molar-refractivity contribution in [1.82, 2.24) is 4.83 Å². The molecule has 1 N–H and O–H groups in total. The number of nitro groups is 1. The van der Waals surface area contributed by atoms with Crippen LogP contribution in [0.2, 0.25) is 0 Å². The summed E-state index contributed by atoms with van der Waals surface area (Å²) in [5, 5.41) is 8.79. The Hall–Kier alpha value is -1.63. The first-order valence-electron chi connectivity index (χ1n) is 3.24. The first-order valence-corrected chi connectivity index (χ1v) is 4.72. The summed E-state index contributed by atoms with van der Waals surface area (Å²) in [6.07, 6.45) is 0. The number of hydrogen-bond donors (Lipinski definition) is 1. The van der Waals surface area contributed by atoms with Crippen molar-refractivity contribution in [2.45, 2.75) is 4.90 Å². The normalized spacial score (nSPS) is 10.8. The molecule has 0 heterocycles. The van der Waals surface area contributed by atoms with Crippen LogP contribution in [-0.4, -0.2) is 13.5 Å². The lowest BCUT2D eigenvalue weighted by Gasteiger charge is -1.98. The standard InChI is InChI=1S/C6H6N2O4S/c9-8(10)7-13(11,12)6-4-2-1-3-5-6/h1-5,7H. The third kappa shape index (κ3) is 2.41. The second kappa shape index (κ2) is 3.40. The fraction of sp³-hybridized carbons (Fsp3) is 0. The predicted molar refractivity (Wildman–Crippen MR) is 43.8 cm³/mol. The van der Waals surface area contributed by atoms with Gasteiger partial charge in [-0.1, -0.05) is 18.2 Å². The Labute approximate surface area is 74.4 Å². The van der Waals surface area contributed by atoms with E-state index in [1.807, 2.05) is 0 Å². The molecule has 0 radical (unpaired) electrons. The smallest absolute Gasteiger partial charge is 0.234 e. The molecule has 70 valence electrons. The van der Waals surface area contributed by atoms with Gasteiger partial charge < -0.3 is 0 Å². The number of benzene rings is 1. The second-order valence-corrected chi connectivity index (χ2v) is 3.83. The quantitative estimate of drug-likeness (QED) is 0.558. The molecule has 13 heavy (non-hydrogen) atoms. The third-order valence-electron chi connectivity index (χ3n) is 1.25. The Balaban J connectivity index is 3.02. The molecule has 1 aromatic carbocycles. The van der Waals surface area contributed by atoms with Gasteiger partial charge in [0.15, 0.2) is 5.03 Å². The minimum Gasteiger partial charge on any atom is -0.234 e. The van der Waals surface area contributed by atoms with Crippen LogP contribution in [0, 0.1) is 10.1 Å². The Kier molecular flexibility index (Phi) is 2.47. The lowest BCUT2D eigenvalue weighted by molar-refractivity contribution is -0.518. The van der Waals surface area contributed by atoms with E-state index in [9.17, 15) is 18.5 Å². The number of hydrazine groups is 1. The highest BCUT2D eigenvalue weighted by Crippen LogP contribution is 2.06. The van der Waals surface area contributed by atoms with Crippen LogP contribution in [0.1, 0.15) is 0 Å². The van der Waals surface area contributed by atoms with E-state index in [0.717, 1.165) is 0 Å². The molecular weight excluding hydrogens is 196 g/mol. The van der Waals surface area contributed by atoms with Gasteiger partial charge in [0.2, 0.25) is 0 Å². The maximum absolute atomic E-state index is 11.1. The van der Waals surface area contributed by atoms with Gasteiger partial charge in [-0.25, -0.2) is 10.1 Å². The van der Waals surface area contributed by atoms with Gasteiger partial charge in [0.05, 0.1) is 4.90 Å². The van der Waals surface area contributed by atoms with Gasteiger partial charge in [-0.2, -0.15) is 8.42 Å². The average Bonchev–Trinajstić information content (AvgIpc) is 2.04. The fourth-order valence-corrected chi connectivity index (χ4v) is 1.57. The van der Waals surface area contributed by atoms with Gasteiger partial charge in [0.1, 0.15) is 0 Å². The van der Waals surface area contributed by atoms with E-state index in [0.29, 0.717) is 0 Å². The van der Waals surface area contributed by atoms with E-state index in [1.54, 1.807) is 6.07 Å². The number of rotatable bonds is 3. The molecule has 0 aromatic heterocycles. The van der Waals surface area contributed by atoms with Crippen LogP contribution >= 0.6 is 0 Å². The summed E-state index contributed by atoms with van der Waals surface area (Å²) in [4.78, 5) is 11.0. The van der Waals surface area contributed by atoms with Crippen LogP contribution in [0.5, 0.6) is 0 Å². The number of hydrogen-bond acceptors (Lipinski definition) is 4. The maximum atomic E-state index is 11.1. The number of sulfonamides is 1. The zero-order valence-electron chi connectivity index (χ0n) is 6.38. The van der Waals surface area contributed by atoms with Crippen molar-refractivity contribution in [1.29, 1.82) is 0 Å². The van der Waals surface area contributed by atoms with Crippen LogP contribution in [0.3, 0.4) is 0 Å². The third-order valence-corrected chi connectivity index (χ3v) is 2.53. The van der Waals surface area contributed by atoms with E-state index in [-0.39, 0.29) is 4.90 Å². The Bertz CT molecular complexity index is 400. The zero-order chi connectivity index (χ0) is 9.90. The van der Waals surface area contributed by atoms with Crippen LogP contribution < -0.4 is 4.83 Å². The summed E-state index contributed by atoms with van der Waals surface area (Å²) in [7, 11) is -4.01. The highest BCUT2D eigenvalue weighted by molar-refractivity contribution is 7.89. The van der Waals surface area contributed by atoms with Gasteiger partial charge in [0, 0.05) is 0 Å². The molecule has 0 saturated carbocycles. The topological polar surface area (TPSA) is 89.3 Å². The second-order valence-electron chi connectivity index (χ2n) is 2.16. The molecule has 0 fully saturated rings. The fourth-order valence-electron chi connectivity index (χ4n) is 0.750. The van der Waals surface area contributed by atoms with E-state index in [1.165, 1.54) is 29.1 Å². The molecule has 0 amide bonds. The maximum Gasteiger partial charge on any atom is 0.311 e. The predicted octanol–water partition coefficient (Wildman–Crippen LogP) is 0.157. The van der Waals surface area contributed by atoms with Crippen molar-refractivity contribution in [3.8, 4) is 0 Å². The largest absolute Gasteiger partial charge is 0.311 e. The number of nitrogens with zero attached hydrogens (tertiary/aromatic N) is 1. The van der Waals surface area contributed by atoms with Crippen LogP contribution in [0.25, 0.3) is 0 Å². The minimum atomic E-state index is -4.01. The lowest BCUT2D eigenvalue weighted by atomic mass is 10.4. The summed E-state index contributed by atoms with van der Waals surface area (Å²) >= 11 is 0. The Morgan fingerprint density at radius 1 is 1.23 bits per heavy atom. The Morgan fingerprint density at radius 2 is 1.77 bits per heavy atom. The van der Waals surface area contributed by atoms with E-state index < -0.39 is 15.1 Å². The first-order chi connectivity index (χ1) is 6.02. The van der Waals surface area contributed by atoms with Crippen LogP contribution in [-0.2, 0) is 10.0 Å². The van der Waals surface area contributed by atoms with Crippen molar-refractivity contribution in [3.63, 3.8) is 0 Å². The van der Waals surface area contributed by atoms with Crippen molar-refractivity contribution < 1.29 is 13.5 Å². The molecular formula is C6H6N2O4S. The summed E-state index contributed by atoms with van der Waals surface area (Å²) in [6, 6.07) is 7.12. The molecule has 1 aromatic rings. The van der Waals surface area contributed by atoms with Gasteiger partial charge in [0.25, 0.3) is 0 Å². The van der Waals surface area contributed by atoms with Gasteiger partial charge in [-0.3, -0.25) is 0 Å². The molecule has 0 bridgehead atoms. The Morgan fingerprint density at radius 3 is 2.23 bits per heavy atom. The van der Waals surface area contributed by atoms with Crippen LogP contribution in [0.15, 0.2) is 35.2 Å². The molecule has 0 unspecified atom stereocenters. The summed E-state index contributed by atoms with van der Waals surface area (Å²) in [6.45, 7) is 0. The zero-order valence-corrected chi connectivity index (χ0v) is 7.19. The highest BCUT2D eigenvalue weighted by Gasteiger charge is 2.17. The van der Waals surface area contributed by atoms with Crippen LogP contribution in [0.4, 0.5) is 0 Å². The molecule has 0 aliphatic rings. The van der Waals surface area contributed by atoms with E-state index in [4.69, 9.17) is 0 Å². The molecule has 6 nitrogen and oxygen atoms in total. The summed E-state index contributed by atoms with van der Waals surface area (Å²) in [5.41, 5.74) is 0. The average molecular weight is 202 g/mol. The first kappa shape index (κ1) is 9.46. The molecule has 0 atom stereocenters. The molecule has 0 saturated heterocycles. The molecule has 0 spiro atoms. The minimum absolute atomic E-state index is 0.133. The van der Waals surface area contributed by atoms with Crippen molar-refractivity contribution in [2.24, 2.45) is 0 Å². The summed E-state index contributed by atoms with van der Waals surface area (Å²) < 4.78 is 22.2. The van der Waals surface area contributed by atoms with Crippen molar-refractivity contribution in [3.05, 3.63) is 40.4 Å². The van der Waals surface area contributed by atoms with Gasteiger partial charge >= 0.3 is 10.0 Å². The summed E-state index contributed by atoms with van der Waals surface area (Å²) in [5.74, 6) is 0. The monoisotopic (exact) mass is 202 g/mol. The molecule has 7 heteroatoms. The molecule has 0 aliphatic carbocycles. The van der Waals surface area contributed by atoms with Gasteiger partial charge in [-0.15, -0.1) is 0 Å². The van der Waals surface area contributed by atoms with E-state index in [2.05, 4.69) is 0 Å². The highest BCUT2D eigenvalue weighted by atomic mass is 32.2. The molecule has 0 aliphatic heterocycles. The SMILES string of the molecule is O=[N+]([O-])NS(=O)(=O)c1ccccc1. The lowest BCUT2D eigenvalue weighted by Crippen LogP contribution is -2.29. The van der Waals surface area contributed by atoms with Gasteiger partial charge in [-0.05, 0) is 17.0 Å². The number of nitrogens with one attached hydrogen (secondary N) is 1. The van der Waals surface area contributed by atoms with Crippen molar-refractivity contribution >= 4 is 10.0 Å².